The molecule has 0 aliphatic heterocycles. The fraction of sp³-hybridized carbons (Fsp3) is 0.185. The van der Waals surface area contributed by atoms with Gasteiger partial charge in [-0.15, -0.1) is 35.4 Å². The number of aromatic hydroxyl groups is 1. The summed E-state index contributed by atoms with van der Waals surface area (Å²) in [6.07, 6.45) is 1.90. The molecule has 4 rings (SSSR count). The second-order valence-corrected chi connectivity index (χ2v) is 8.44. The van der Waals surface area contributed by atoms with Crippen molar-refractivity contribution in [2.45, 2.75) is 27.3 Å². The van der Waals surface area contributed by atoms with Crippen molar-refractivity contribution < 1.29 is 26.2 Å². The van der Waals surface area contributed by atoms with Gasteiger partial charge in [-0.05, 0) is 28.6 Å². The summed E-state index contributed by atoms with van der Waals surface area (Å²) in [5.74, 6) is 0.254. The quantitative estimate of drug-likeness (QED) is 0.220. The van der Waals surface area contributed by atoms with Crippen LogP contribution in [0.25, 0.3) is 22.0 Å². The molecular formula is C27H25N2OPt-. The van der Waals surface area contributed by atoms with Crippen molar-refractivity contribution in [1.29, 1.82) is 0 Å². The Morgan fingerprint density at radius 1 is 0.935 bits per heavy atom. The zero-order valence-electron chi connectivity index (χ0n) is 17.9. The molecule has 3 aromatic carbocycles. The molecule has 4 heteroatoms. The average Bonchev–Trinajstić information content (AvgIpc) is 2.74. The van der Waals surface area contributed by atoms with Gasteiger partial charge in [-0.1, -0.05) is 63.2 Å². The van der Waals surface area contributed by atoms with Crippen LogP contribution in [-0.2, 0) is 27.6 Å². The predicted octanol–water partition coefficient (Wildman–Crippen LogP) is 6.44. The van der Waals surface area contributed by atoms with Crippen molar-refractivity contribution in [3.05, 3.63) is 96.2 Å². The number of para-hydroxylation sites is 1. The van der Waals surface area contributed by atoms with Gasteiger partial charge in [0.1, 0.15) is 5.75 Å². The summed E-state index contributed by atoms with van der Waals surface area (Å²) in [5.41, 5.74) is 4.29. The largest absolute Gasteiger partial charge is 0.507 e. The summed E-state index contributed by atoms with van der Waals surface area (Å²) in [4.78, 5) is 9.50. The second kappa shape index (κ2) is 9.58. The number of aromatic nitrogens is 1. The maximum absolute atomic E-state index is 10.3. The third-order valence-corrected chi connectivity index (χ3v) is 5.04. The molecular weight excluding hydrogens is 563 g/mol. The summed E-state index contributed by atoms with van der Waals surface area (Å²) in [6.45, 7) is 6.81. The smallest absolute Gasteiger partial charge is 0.124 e. The molecule has 0 aliphatic rings. The van der Waals surface area contributed by atoms with Gasteiger partial charge in [0.25, 0.3) is 0 Å². The van der Waals surface area contributed by atoms with E-state index in [4.69, 9.17) is 4.99 Å². The van der Waals surface area contributed by atoms with E-state index in [1.807, 2.05) is 54.7 Å². The van der Waals surface area contributed by atoms with E-state index >= 15 is 0 Å². The first-order valence-electron chi connectivity index (χ1n) is 10.1. The standard InChI is InChI=1S/C27H25N2O.Pt/c1-27(2,3)26(23-13-6-7-14-25(23)30)29-17-19-9-8-12-21(15-19)24-16-20-10-4-5-11-22(20)18-28-24;/h4-14,16,18,30H,17H2,1-3H3;/q-1;. The van der Waals surface area contributed by atoms with Crippen LogP contribution in [0.5, 0.6) is 5.75 Å². The van der Waals surface area contributed by atoms with Crippen LogP contribution in [-0.4, -0.2) is 15.8 Å². The van der Waals surface area contributed by atoms with Gasteiger partial charge in [0.15, 0.2) is 0 Å². The first kappa shape index (κ1) is 22.9. The molecule has 0 bridgehead atoms. The molecule has 0 saturated carbocycles. The Kier molecular flexibility index (Phi) is 7.07. The molecule has 4 aromatic rings. The van der Waals surface area contributed by atoms with E-state index in [-0.39, 0.29) is 32.2 Å². The maximum atomic E-state index is 10.3. The van der Waals surface area contributed by atoms with Gasteiger partial charge in [0.05, 0.1) is 5.71 Å². The van der Waals surface area contributed by atoms with E-state index in [0.29, 0.717) is 6.54 Å². The van der Waals surface area contributed by atoms with E-state index in [0.717, 1.165) is 38.9 Å². The van der Waals surface area contributed by atoms with Crippen LogP contribution in [0.4, 0.5) is 0 Å². The summed E-state index contributed by atoms with van der Waals surface area (Å²) in [5, 5.41) is 12.6. The van der Waals surface area contributed by atoms with Crippen molar-refractivity contribution in [2.24, 2.45) is 10.4 Å². The SMILES string of the molecule is CC(C)(C)C(=NCc1[c-]c(-c2cc3ccccc3cn2)ccc1)c1ccccc1O.[Pt]. The molecule has 0 amide bonds. The van der Waals surface area contributed by atoms with E-state index in [1.165, 1.54) is 0 Å². The van der Waals surface area contributed by atoms with Crippen LogP contribution in [0.3, 0.4) is 0 Å². The van der Waals surface area contributed by atoms with E-state index in [1.54, 1.807) is 6.07 Å². The average molecular weight is 589 g/mol. The van der Waals surface area contributed by atoms with Crippen LogP contribution in [0.1, 0.15) is 31.9 Å². The van der Waals surface area contributed by atoms with E-state index < -0.39 is 0 Å². The molecule has 1 N–H and O–H groups in total. The van der Waals surface area contributed by atoms with Crippen LogP contribution in [0.2, 0.25) is 0 Å². The Labute approximate surface area is 198 Å². The summed E-state index contributed by atoms with van der Waals surface area (Å²) < 4.78 is 0. The molecule has 0 radical (unpaired) electrons. The van der Waals surface area contributed by atoms with Gasteiger partial charge < -0.3 is 10.1 Å². The van der Waals surface area contributed by atoms with Crippen LogP contribution < -0.4 is 0 Å². The summed E-state index contributed by atoms with van der Waals surface area (Å²) >= 11 is 0. The Balaban J connectivity index is 0.00000272. The molecule has 1 heterocycles. The molecule has 31 heavy (non-hydrogen) atoms. The maximum Gasteiger partial charge on any atom is 0.124 e. The number of nitrogens with zero attached hydrogens (tertiary/aromatic N) is 2. The fourth-order valence-corrected chi connectivity index (χ4v) is 3.55. The zero-order chi connectivity index (χ0) is 21.1. The minimum Gasteiger partial charge on any atom is -0.507 e. The molecule has 160 valence electrons. The number of hydrogen-bond acceptors (Lipinski definition) is 3. The Bertz CT molecular complexity index is 1230. The molecule has 0 spiro atoms. The van der Waals surface area contributed by atoms with Gasteiger partial charge in [-0.3, -0.25) is 4.99 Å². The molecule has 0 fully saturated rings. The number of phenols is 1. The van der Waals surface area contributed by atoms with E-state index in [2.05, 4.69) is 50.0 Å². The van der Waals surface area contributed by atoms with Gasteiger partial charge in [0, 0.05) is 44.8 Å². The number of pyridine rings is 1. The van der Waals surface area contributed by atoms with Crippen LogP contribution in [0, 0.1) is 11.5 Å². The van der Waals surface area contributed by atoms with Gasteiger partial charge >= 0.3 is 0 Å². The number of aliphatic imine (C=N–C) groups is 1. The normalized spacial score (nSPS) is 11.9. The third kappa shape index (κ3) is 5.29. The minimum atomic E-state index is -0.198. The Hall–Kier alpha value is -2.77. The number of benzene rings is 3. The number of hydrogen-bond donors (Lipinski definition) is 1. The van der Waals surface area contributed by atoms with Gasteiger partial charge in [0.2, 0.25) is 0 Å². The monoisotopic (exact) mass is 588 g/mol. The number of fused-ring (bicyclic) bond motifs is 1. The Morgan fingerprint density at radius 3 is 2.39 bits per heavy atom. The summed E-state index contributed by atoms with van der Waals surface area (Å²) in [7, 11) is 0. The summed E-state index contributed by atoms with van der Waals surface area (Å²) in [6, 6.07) is 27.2. The molecule has 1 aromatic heterocycles. The molecule has 0 aliphatic carbocycles. The van der Waals surface area contributed by atoms with Crippen molar-refractivity contribution in [1.82, 2.24) is 4.98 Å². The van der Waals surface area contributed by atoms with Crippen LogP contribution >= 0.6 is 0 Å². The van der Waals surface area contributed by atoms with Crippen LogP contribution in [0.15, 0.2) is 84.0 Å². The molecule has 0 atom stereocenters. The van der Waals surface area contributed by atoms with Crippen molar-refractivity contribution in [2.75, 3.05) is 0 Å². The zero-order valence-corrected chi connectivity index (χ0v) is 20.1. The minimum absolute atomic E-state index is 0. The third-order valence-electron chi connectivity index (χ3n) is 5.04. The Morgan fingerprint density at radius 2 is 1.65 bits per heavy atom. The number of phenolic OH excluding ortho intramolecular Hbond substituents is 1. The predicted molar refractivity (Wildman–Crippen MR) is 124 cm³/mol. The first-order valence-corrected chi connectivity index (χ1v) is 10.1. The van der Waals surface area contributed by atoms with Gasteiger partial charge in [-0.2, -0.15) is 0 Å². The second-order valence-electron chi connectivity index (χ2n) is 8.44. The van der Waals surface area contributed by atoms with Gasteiger partial charge in [-0.25, -0.2) is 0 Å². The molecule has 3 nitrogen and oxygen atoms in total. The van der Waals surface area contributed by atoms with Crippen molar-refractivity contribution in [3.8, 4) is 17.0 Å². The number of rotatable bonds is 4. The molecule has 0 unspecified atom stereocenters. The fourth-order valence-electron chi connectivity index (χ4n) is 3.55. The van der Waals surface area contributed by atoms with Crippen molar-refractivity contribution in [3.63, 3.8) is 0 Å². The topological polar surface area (TPSA) is 45.5 Å². The van der Waals surface area contributed by atoms with Crippen molar-refractivity contribution >= 4 is 16.5 Å². The first-order chi connectivity index (χ1) is 14.4. The molecule has 0 saturated heterocycles. The van der Waals surface area contributed by atoms with E-state index in [9.17, 15) is 5.11 Å².